The van der Waals surface area contributed by atoms with Gasteiger partial charge in [-0.25, -0.2) is 4.98 Å². The van der Waals surface area contributed by atoms with Crippen molar-refractivity contribution in [3.8, 4) is 0 Å². The Bertz CT molecular complexity index is 602. The first-order valence-electron chi connectivity index (χ1n) is 7.98. The summed E-state index contributed by atoms with van der Waals surface area (Å²) in [5.41, 5.74) is 2.39. The van der Waals surface area contributed by atoms with Crippen LogP contribution in [0.2, 0.25) is 0 Å². The summed E-state index contributed by atoms with van der Waals surface area (Å²) in [5, 5.41) is 0. The highest BCUT2D eigenvalue weighted by molar-refractivity contribution is 14.1. The Morgan fingerprint density at radius 3 is 2.81 bits per heavy atom. The molecule has 1 heterocycles. The van der Waals surface area contributed by atoms with Crippen LogP contribution in [0.1, 0.15) is 44.3 Å². The molecule has 3 rings (SSSR count). The SMILES string of the molecule is ClCCc1nc2cc(I)ccc2n1CCC1CCCCC1. The van der Waals surface area contributed by atoms with Crippen LogP contribution in [0.3, 0.4) is 0 Å². The minimum absolute atomic E-state index is 0.643. The van der Waals surface area contributed by atoms with Crippen LogP contribution in [-0.2, 0) is 13.0 Å². The molecule has 2 aromatic rings. The lowest BCUT2D eigenvalue weighted by molar-refractivity contribution is 0.324. The summed E-state index contributed by atoms with van der Waals surface area (Å²) in [6.07, 6.45) is 9.24. The number of rotatable bonds is 5. The molecule has 2 nitrogen and oxygen atoms in total. The Morgan fingerprint density at radius 2 is 2.05 bits per heavy atom. The molecule has 1 aromatic carbocycles. The van der Waals surface area contributed by atoms with E-state index in [1.165, 1.54) is 47.6 Å². The third-order valence-electron chi connectivity index (χ3n) is 4.59. The molecule has 1 aliphatic rings. The quantitative estimate of drug-likeness (QED) is 0.472. The van der Waals surface area contributed by atoms with Crippen molar-refractivity contribution in [3.63, 3.8) is 0 Å². The number of aromatic nitrogens is 2. The molecule has 1 fully saturated rings. The van der Waals surface area contributed by atoms with Crippen LogP contribution < -0.4 is 0 Å². The minimum atomic E-state index is 0.643. The van der Waals surface area contributed by atoms with Gasteiger partial charge in [0.2, 0.25) is 0 Å². The predicted molar refractivity (Wildman–Crippen MR) is 98.1 cm³/mol. The highest BCUT2D eigenvalue weighted by Gasteiger charge is 2.16. The van der Waals surface area contributed by atoms with E-state index in [0.717, 1.165) is 30.2 Å². The van der Waals surface area contributed by atoms with Gasteiger partial charge in [-0.2, -0.15) is 0 Å². The molecule has 1 aromatic heterocycles. The molecule has 0 N–H and O–H groups in total. The number of hydrogen-bond donors (Lipinski definition) is 0. The van der Waals surface area contributed by atoms with E-state index in [4.69, 9.17) is 16.6 Å². The van der Waals surface area contributed by atoms with Gasteiger partial charge in [0.05, 0.1) is 11.0 Å². The van der Waals surface area contributed by atoms with Crippen LogP contribution in [0, 0.1) is 9.49 Å². The highest BCUT2D eigenvalue weighted by atomic mass is 127. The van der Waals surface area contributed by atoms with Gasteiger partial charge in [0, 0.05) is 22.4 Å². The smallest absolute Gasteiger partial charge is 0.111 e. The Kier molecular flexibility index (Phi) is 5.43. The van der Waals surface area contributed by atoms with Gasteiger partial charge in [-0.3, -0.25) is 0 Å². The van der Waals surface area contributed by atoms with Crippen LogP contribution in [0.5, 0.6) is 0 Å². The zero-order valence-corrected chi connectivity index (χ0v) is 15.2. The Morgan fingerprint density at radius 1 is 1.24 bits per heavy atom. The van der Waals surface area contributed by atoms with Crippen molar-refractivity contribution in [2.75, 3.05) is 5.88 Å². The van der Waals surface area contributed by atoms with Crippen molar-refractivity contribution in [1.29, 1.82) is 0 Å². The summed E-state index contributed by atoms with van der Waals surface area (Å²) in [6, 6.07) is 6.56. The monoisotopic (exact) mass is 416 g/mol. The van der Waals surface area contributed by atoms with Crippen molar-refractivity contribution in [2.24, 2.45) is 5.92 Å². The summed E-state index contributed by atoms with van der Waals surface area (Å²) in [4.78, 5) is 4.80. The third kappa shape index (κ3) is 3.73. The second kappa shape index (κ2) is 7.32. The molecule has 0 unspecified atom stereocenters. The number of imidazole rings is 1. The van der Waals surface area contributed by atoms with Gasteiger partial charge in [0.25, 0.3) is 0 Å². The number of aryl methyl sites for hydroxylation is 2. The van der Waals surface area contributed by atoms with Crippen molar-refractivity contribution in [2.45, 2.75) is 51.5 Å². The van der Waals surface area contributed by atoms with Crippen LogP contribution in [0.4, 0.5) is 0 Å². The Labute approximate surface area is 145 Å². The molecule has 0 amide bonds. The van der Waals surface area contributed by atoms with E-state index in [1.54, 1.807) is 0 Å². The van der Waals surface area contributed by atoms with Crippen molar-refractivity contribution in [1.82, 2.24) is 9.55 Å². The van der Waals surface area contributed by atoms with E-state index >= 15 is 0 Å². The number of alkyl halides is 1. The molecule has 0 radical (unpaired) electrons. The van der Waals surface area contributed by atoms with Gasteiger partial charge >= 0.3 is 0 Å². The van der Waals surface area contributed by atoms with Gasteiger partial charge in [0.1, 0.15) is 5.82 Å². The summed E-state index contributed by atoms with van der Waals surface area (Å²) < 4.78 is 3.65. The summed E-state index contributed by atoms with van der Waals surface area (Å²) in [6.45, 7) is 1.09. The lowest BCUT2D eigenvalue weighted by Gasteiger charge is -2.22. The zero-order chi connectivity index (χ0) is 14.7. The van der Waals surface area contributed by atoms with Gasteiger partial charge in [-0.1, -0.05) is 32.1 Å². The number of hydrogen-bond acceptors (Lipinski definition) is 1. The maximum Gasteiger partial charge on any atom is 0.111 e. The molecule has 4 heteroatoms. The Balaban J connectivity index is 1.82. The maximum absolute atomic E-state index is 5.96. The van der Waals surface area contributed by atoms with Crippen LogP contribution >= 0.6 is 34.2 Å². The van der Waals surface area contributed by atoms with Gasteiger partial charge in [-0.15, -0.1) is 11.6 Å². The van der Waals surface area contributed by atoms with E-state index in [9.17, 15) is 0 Å². The van der Waals surface area contributed by atoms with E-state index in [0.29, 0.717) is 5.88 Å². The van der Waals surface area contributed by atoms with Gasteiger partial charge < -0.3 is 4.57 Å². The third-order valence-corrected chi connectivity index (χ3v) is 5.45. The Hall–Kier alpha value is -0.290. The van der Waals surface area contributed by atoms with Crippen LogP contribution in [-0.4, -0.2) is 15.4 Å². The summed E-state index contributed by atoms with van der Waals surface area (Å²) >= 11 is 8.31. The van der Waals surface area contributed by atoms with E-state index in [-0.39, 0.29) is 0 Å². The summed E-state index contributed by atoms with van der Waals surface area (Å²) in [5.74, 6) is 2.70. The average molecular weight is 417 g/mol. The second-order valence-corrected chi connectivity index (χ2v) is 7.67. The zero-order valence-electron chi connectivity index (χ0n) is 12.3. The van der Waals surface area contributed by atoms with Crippen molar-refractivity contribution < 1.29 is 0 Å². The van der Waals surface area contributed by atoms with Gasteiger partial charge in [-0.05, 0) is 53.1 Å². The highest BCUT2D eigenvalue weighted by Crippen LogP contribution is 2.28. The van der Waals surface area contributed by atoms with E-state index in [1.807, 2.05) is 0 Å². The topological polar surface area (TPSA) is 17.8 Å². The maximum atomic E-state index is 5.96. The van der Waals surface area contributed by atoms with Crippen molar-refractivity contribution in [3.05, 3.63) is 27.6 Å². The molecule has 1 saturated carbocycles. The number of benzene rings is 1. The molecule has 0 spiro atoms. The molecular formula is C17H22ClIN2. The standard InChI is InChI=1S/C17H22ClIN2/c18-10-8-17-20-15-12-14(19)6-7-16(15)21(17)11-9-13-4-2-1-3-5-13/h6-7,12-13H,1-5,8-11H2. The molecule has 0 atom stereocenters. The molecule has 0 aliphatic heterocycles. The fraction of sp³-hybridized carbons (Fsp3) is 0.588. The average Bonchev–Trinajstić information content (AvgIpc) is 2.83. The minimum Gasteiger partial charge on any atom is -0.328 e. The van der Waals surface area contributed by atoms with Gasteiger partial charge in [0.15, 0.2) is 0 Å². The van der Waals surface area contributed by atoms with E-state index in [2.05, 4.69) is 45.4 Å². The molecule has 0 bridgehead atoms. The lowest BCUT2D eigenvalue weighted by Crippen LogP contribution is -2.12. The molecule has 1 aliphatic carbocycles. The number of nitrogens with zero attached hydrogens (tertiary/aromatic N) is 2. The fourth-order valence-corrected chi connectivity index (χ4v) is 4.11. The largest absolute Gasteiger partial charge is 0.328 e. The molecule has 114 valence electrons. The number of halogens is 2. The normalized spacial score (nSPS) is 16.7. The number of fused-ring (bicyclic) bond motifs is 1. The van der Waals surface area contributed by atoms with E-state index < -0.39 is 0 Å². The molecule has 0 saturated heterocycles. The first kappa shape index (κ1) is 15.6. The van der Waals surface area contributed by atoms with Crippen LogP contribution in [0.15, 0.2) is 18.2 Å². The summed E-state index contributed by atoms with van der Waals surface area (Å²) in [7, 11) is 0. The second-order valence-electron chi connectivity index (χ2n) is 6.04. The van der Waals surface area contributed by atoms with Crippen LogP contribution in [0.25, 0.3) is 11.0 Å². The van der Waals surface area contributed by atoms with Crippen molar-refractivity contribution >= 4 is 45.2 Å². The molecule has 21 heavy (non-hydrogen) atoms. The molecular weight excluding hydrogens is 395 g/mol. The fourth-order valence-electron chi connectivity index (χ4n) is 3.47. The first-order valence-corrected chi connectivity index (χ1v) is 9.60. The first-order chi connectivity index (χ1) is 10.3. The predicted octanol–water partition coefficient (Wildman–Crippen LogP) is 5.39. The lowest BCUT2D eigenvalue weighted by atomic mass is 9.87.